The molecular formula is C12H12F2OS. The first-order valence-electron chi connectivity index (χ1n) is 5.29. The molecule has 16 heavy (non-hydrogen) atoms. The third-order valence-corrected chi connectivity index (χ3v) is 4.04. The molecule has 0 amide bonds. The molecular weight excluding hydrogens is 230 g/mol. The fraction of sp³-hybridized carbons (Fsp3) is 0.417. The van der Waals surface area contributed by atoms with Crippen molar-refractivity contribution in [2.45, 2.75) is 24.5 Å². The summed E-state index contributed by atoms with van der Waals surface area (Å²) < 4.78 is 26.3. The Kier molecular flexibility index (Phi) is 3.59. The highest BCUT2D eigenvalue weighted by atomic mass is 32.2. The molecule has 1 heterocycles. The van der Waals surface area contributed by atoms with Gasteiger partial charge in [0.15, 0.2) is 5.78 Å². The second kappa shape index (κ2) is 4.95. The molecule has 0 saturated carbocycles. The number of benzene rings is 1. The molecule has 0 bridgehead atoms. The average molecular weight is 242 g/mol. The van der Waals surface area contributed by atoms with Gasteiger partial charge in [-0.15, -0.1) is 0 Å². The van der Waals surface area contributed by atoms with Gasteiger partial charge in [0.2, 0.25) is 0 Å². The number of rotatable bonds is 2. The molecule has 0 N–H and O–H groups in total. The molecule has 1 atom stereocenters. The number of ketones is 1. The highest BCUT2D eigenvalue weighted by Gasteiger charge is 2.25. The van der Waals surface area contributed by atoms with Gasteiger partial charge in [-0.2, -0.15) is 11.8 Å². The van der Waals surface area contributed by atoms with E-state index in [1.54, 1.807) is 11.8 Å². The summed E-state index contributed by atoms with van der Waals surface area (Å²) in [5.41, 5.74) is -0.112. The van der Waals surface area contributed by atoms with Crippen molar-refractivity contribution in [3.63, 3.8) is 0 Å². The molecule has 0 aliphatic carbocycles. The Hall–Kier alpha value is -0.900. The largest absolute Gasteiger partial charge is 0.293 e. The standard InChI is InChI=1S/C12H12F2OS/c13-8-4-5-10(14)9(7-8)12(15)11-3-1-2-6-16-11/h4-5,7,11H,1-3,6H2. The summed E-state index contributed by atoms with van der Waals surface area (Å²) in [4.78, 5) is 11.9. The molecule has 0 radical (unpaired) electrons. The van der Waals surface area contributed by atoms with E-state index in [9.17, 15) is 13.6 Å². The van der Waals surface area contributed by atoms with Crippen LogP contribution in [0.2, 0.25) is 0 Å². The molecule has 1 aliphatic heterocycles. The fourth-order valence-corrected chi connectivity index (χ4v) is 3.07. The molecule has 1 unspecified atom stereocenters. The fourth-order valence-electron chi connectivity index (χ4n) is 1.81. The van der Waals surface area contributed by atoms with Crippen LogP contribution in [-0.4, -0.2) is 16.8 Å². The lowest BCUT2D eigenvalue weighted by Crippen LogP contribution is -2.22. The lowest BCUT2D eigenvalue weighted by atomic mass is 10.0. The van der Waals surface area contributed by atoms with Crippen LogP contribution in [0, 0.1) is 11.6 Å². The van der Waals surface area contributed by atoms with Crippen molar-refractivity contribution in [1.29, 1.82) is 0 Å². The normalized spacial score (nSPS) is 20.8. The summed E-state index contributed by atoms with van der Waals surface area (Å²) in [5, 5.41) is -0.204. The van der Waals surface area contributed by atoms with E-state index in [0.29, 0.717) is 0 Å². The van der Waals surface area contributed by atoms with Crippen molar-refractivity contribution in [3.05, 3.63) is 35.4 Å². The molecule has 1 aromatic rings. The molecule has 4 heteroatoms. The maximum Gasteiger partial charge on any atom is 0.178 e. The Bertz CT molecular complexity index is 400. The first-order chi connectivity index (χ1) is 7.68. The van der Waals surface area contributed by atoms with Gasteiger partial charge in [-0.05, 0) is 36.8 Å². The summed E-state index contributed by atoms with van der Waals surface area (Å²) in [6, 6.07) is 3.03. The van der Waals surface area contributed by atoms with Crippen LogP contribution in [0.1, 0.15) is 29.6 Å². The van der Waals surface area contributed by atoms with Gasteiger partial charge in [-0.3, -0.25) is 4.79 Å². The number of hydrogen-bond donors (Lipinski definition) is 0. The van der Waals surface area contributed by atoms with Crippen LogP contribution < -0.4 is 0 Å². The molecule has 1 aromatic carbocycles. The van der Waals surface area contributed by atoms with E-state index in [1.165, 1.54) is 0 Å². The molecule has 1 saturated heterocycles. The zero-order valence-electron chi connectivity index (χ0n) is 8.71. The lowest BCUT2D eigenvalue weighted by Gasteiger charge is -2.20. The summed E-state index contributed by atoms with van der Waals surface area (Å²) in [6.45, 7) is 0. The predicted octanol–water partition coefficient (Wildman–Crippen LogP) is 3.43. The van der Waals surface area contributed by atoms with E-state index in [2.05, 4.69) is 0 Å². The van der Waals surface area contributed by atoms with Crippen LogP contribution in [0.15, 0.2) is 18.2 Å². The average Bonchev–Trinajstić information content (AvgIpc) is 2.32. The summed E-state index contributed by atoms with van der Waals surface area (Å²) in [7, 11) is 0. The van der Waals surface area contributed by atoms with Crippen molar-refractivity contribution < 1.29 is 13.6 Å². The van der Waals surface area contributed by atoms with Crippen molar-refractivity contribution >= 4 is 17.5 Å². The first-order valence-corrected chi connectivity index (χ1v) is 6.34. The second-order valence-electron chi connectivity index (χ2n) is 3.84. The van der Waals surface area contributed by atoms with Crippen molar-refractivity contribution in [1.82, 2.24) is 0 Å². The van der Waals surface area contributed by atoms with E-state index in [0.717, 1.165) is 43.2 Å². The Morgan fingerprint density at radius 3 is 2.81 bits per heavy atom. The second-order valence-corrected chi connectivity index (χ2v) is 5.15. The predicted molar refractivity (Wildman–Crippen MR) is 60.8 cm³/mol. The van der Waals surface area contributed by atoms with Crippen molar-refractivity contribution in [2.75, 3.05) is 5.75 Å². The Balaban J connectivity index is 2.22. The number of Topliss-reactive ketones (excluding diaryl/α,β-unsaturated/α-hetero) is 1. The van der Waals surface area contributed by atoms with Crippen LogP contribution in [0.4, 0.5) is 8.78 Å². The minimum atomic E-state index is -0.627. The number of halogens is 2. The molecule has 0 spiro atoms. The molecule has 1 aliphatic rings. The van der Waals surface area contributed by atoms with Gasteiger partial charge >= 0.3 is 0 Å². The summed E-state index contributed by atoms with van der Waals surface area (Å²) in [6.07, 6.45) is 2.85. The van der Waals surface area contributed by atoms with Gasteiger partial charge in [0.05, 0.1) is 10.8 Å². The first kappa shape index (κ1) is 11.6. The number of thioether (sulfide) groups is 1. The molecule has 2 rings (SSSR count). The van der Waals surface area contributed by atoms with Gasteiger partial charge in [0, 0.05) is 0 Å². The van der Waals surface area contributed by atoms with Crippen LogP contribution in [0.25, 0.3) is 0 Å². The monoisotopic (exact) mass is 242 g/mol. The number of carbonyl (C=O) groups excluding carboxylic acids is 1. The minimum Gasteiger partial charge on any atom is -0.293 e. The third kappa shape index (κ3) is 2.43. The molecule has 1 fully saturated rings. The third-order valence-electron chi connectivity index (χ3n) is 2.67. The smallest absolute Gasteiger partial charge is 0.178 e. The Morgan fingerprint density at radius 2 is 2.12 bits per heavy atom. The Morgan fingerprint density at radius 1 is 1.31 bits per heavy atom. The lowest BCUT2D eigenvalue weighted by molar-refractivity contribution is 0.0980. The van der Waals surface area contributed by atoms with Gasteiger partial charge in [0.25, 0.3) is 0 Å². The van der Waals surface area contributed by atoms with Gasteiger partial charge in [-0.1, -0.05) is 6.42 Å². The van der Waals surface area contributed by atoms with Crippen LogP contribution in [-0.2, 0) is 0 Å². The van der Waals surface area contributed by atoms with Gasteiger partial charge in [-0.25, -0.2) is 8.78 Å². The van der Waals surface area contributed by atoms with Gasteiger partial charge in [0.1, 0.15) is 11.6 Å². The van der Waals surface area contributed by atoms with E-state index in [-0.39, 0.29) is 16.6 Å². The number of hydrogen-bond acceptors (Lipinski definition) is 2. The summed E-state index contributed by atoms with van der Waals surface area (Å²) in [5.74, 6) is -0.544. The number of carbonyl (C=O) groups is 1. The van der Waals surface area contributed by atoms with Crippen LogP contribution in [0.3, 0.4) is 0 Å². The Labute approximate surface area is 97.2 Å². The molecule has 86 valence electrons. The minimum absolute atomic E-state index is 0.112. The van der Waals surface area contributed by atoms with Crippen LogP contribution in [0.5, 0.6) is 0 Å². The SMILES string of the molecule is O=C(c1cc(F)ccc1F)C1CCCCS1. The topological polar surface area (TPSA) is 17.1 Å². The van der Waals surface area contributed by atoms with E-state index >= 15 is 0 Å². The van der Waals surface area contributed by atoms with Crippen LogP contribution >= 0.6 is 11.8 Å². The van der Waals surface area contributed by atoms with E-state index in [1.807, 2.05) is 0 Å². The van der Waals surface area contributed by atoms with Crippen molar-refractivity contribution in [2.24, 2.45) is 0 Å². The maximum atomic E-state index is 13.4. The highest BCUT2D eigenvalue weighted by Crippen LogP contribution is 2.28. The highest BCUT2D eigenvalue weighted by molar-refractivity contribution is 8.00. The quantitative estimate of drug-likeness (QED) is 0.739. The molecule has 0 aromatic heterocycles. The van der Waals surface area contributed by atoms with E-state index < -0.39 is 11.6 Å². The summed E-state index contributed by atoms with van der Waals surface area (Å²) >= 11 is 1.54. The molecule has 1 nitrogen and oxygen atoms in total. The maximum absolute atomic E-state index is 13.4. The van der Waals surface area contributed by atoms with E-state index in [4.69, 9.17) is 0 Å². The zero-order chi connectivity index (χ0) is 11.5. The zero-order valence-corrected chi connectivity index (χ0v) is 9.53. The van der Waals surface area contributed by atoms with Gasteiger partial charge < -0.3 is 0 Å². The van der Waals surface area contributed by atoms with Crippen molar-refractivity contribution in [3.8, 4) is 0 Å².